The Morgan fingerprint density at radius 3 is 2.81 bits per heavy atom. The number of rotatable bonds is 6. The van der Waals surface area contributed by atoms with Gasteiger partial charge in [0.25, 0.3) is 0 Å². The lowest BCUT2D eigenvalue weighted by Crippen LogP contribution is -2.21. The van der Waals surface area contributed by atoms with E-state index in [9.17, 15) is 4.79 Å². The summed E-state index contributed by atoms with van der Waals surface area (Å²) in [6.07, 6.45) is 2.58. The topological polar surface area (TPSA) is 40.5 Å². The third-order valence-electron chi connectivity index (χ3n) is 2.45. The van der Waals surface area contributed by atoms with Gasteiger partial charge in [-0.25, -0.2) is 4.79 Å². The average molecular weight is 219 g/mol. The number of benzene rings is 1. The van der Waals surface area contributed by atoms with Gasteiger partial charge in [0.15, 0.2) is 0 Å². The first kappa shape index (κ1) is 12.5. The molecule has 0 saturated carbocycles. The van der Waals surface area contributed by atoms with Crippen molar-refractivity contribution in [3.63, 3.8) is 0 Å². The van der Waals surface area contributed by atoms with Crippen molar-refractivity contribution in [1.82, 2.24) is 4.90 Å². The van der Waals surface area contributed by atoms with Crippen molar-refractivity contribution in [2.45, 2.75) is 6.42 Å². The Balaban J connectivity index is 2.66. The Kier molecular flexibility index (Phi) is 4.73. The molecule has 1 rings (SSSR count). The van der Waals surface area contributed by atoms with Gasteiger partial charge in [-0.15, -0.1) is 6.58 Å². The van der Waals surface area contributed by atoms with Crippen LogP contribution in [0.15, 0.2) is 36.9 Å². The summed E-state index contributed by atoms with van der Waals surface area (Å²) < 4.78 is 0. The van der Waals surface area contributed by atoms with Crippen LogP contribution >= 0.6 is 0 Å². The molecule has 0 aliphatic carbocycles. The van der Waals surface area contributed by atoms with Crippen LogP contribution in [0.4, 0.5) is 0 Å². The second-order valence-electron chi connectivity index (χ2n) is 3.76. The number of carboxylic acid groups (broad SMARTS) is 1. The maximum absolute atomic E-state index is 11.0. The third-order valence-corrected chi connectivity index (χ3v) is 2.45. The van der Waals surface area contributed by atoms with Gasteiger partial charge in [0.1, 0.15) is 0 Å². The quantitative estimate of drug-likeness (QED) is 0.744. The molecule has 0 saturated heterocycles. The number of aromatic carboxylic acids is 1. The monoisotopic (exact) mass is 219 g/mol. The largest absolute Gasteiger partial charge is 0.478 e. The van der Waals surface area contributed by atoms with Crippen molar-refractivity contribution >= 4 is 5.97 Å². The van der Waals surface area contributed by atoms with E-state index in [1.807, 2.05) is 25.3 Å². The molecular weight excluding hydrogens is 202 g/mol. The Morgan fingerprint density at radius 1 is 1.50 bits per heavy atom. The minimum Gasteiger partial charge on any atom is -0.478 e. The van der Waals surface area contributed by atoms with Gasteiger partial charge in [0.05, 0.1) is 5.56 Å². The van der Waals surface area contributed by atoms with Crippen LogP contribution in [0.3, 0.4) is 0 Å². The summed E-state index contributed by atoms with van der Waals surface area (Å²) in [7, 11) is 1.99. The van der Waals surface area contributed by atoms with Crippen molar-refractivity contribution in [3.8, 4) is 0 Å². The Bertz CT molecular complexity index is 374. The molecule has 1 aromatic carbocycles. The molecule has 0 spiro atoms. The van der Waals surface area contributed by atoms with Gasteiger partial charge in [-0.05, 0) is 25.1 Å². The maximum Gasteiger partial charge on any atom is 0.335 e. The van der Waals surface area contributed by atoms with Gasteiger partial charge in [-0.1, -0.05) is 24.3 Å². The summed E-state index contributed by atoms with van der Waals surface area (Å²) in [6, 6.07) is 7.13. The van der Waals surface area contributed by atoms with Gasteiger partial charge in [0.2, 0.25) is 0 Å². The highest BCUT2D eigenvalue weighted by Gasteiger charge is 2.08. The molecule has 0 aromatic heterocycles. The number of hydrogen-bond donors (Lipinski definition) is 1. The van der Waals surface area contributed by atoms with Crippen LogP contribution in [-0.4, -0.2) is 36.1 Å². The van der Waals surface area contributed by atoms with Crippen molar-refractivity contribution in [2.75, 3.05) is 20.1 Å². The van der Waals surface area contributed by atoms with E-state index >= 15 is 0 Å². The zero-order valence-electron chi connectivity index (χ0n) is 9.52. The zero-order chi connectivity index (χ0) is 12.0. The molecule has 3 nitrogen and oxygen atoms in total. The van der Waals surface area contributed by atoms with Crippen LogP contribution in [0.1, 0.15) is 15.9 Å². The second kappa shape index (κ2) is 6.08. The molecule has 0 atom stereocenters. The molecule has 3 heteroatoms. The Hall–Kier alpha value is -1.61. The maximum atomic E-state index is 11.0. The smallest absolute Gasteiger partial charge is 0.335 e. The number of nitrogens with zero attached hydrogens (tertiary/aromatic N) is 1. The van der Waals surface area contributed by atoms with Crippen LogP contribution in [-0.2, 0) is 6.42 Å². The van der Waals surface area contributed by atoms with Crippen molar-refractivity contribution < 1.29 is 9.90 Å². The van der Waals surface area contributed by atoms with Crippen molar-refractivity contribution in [1.29, 1.82) is 0 Å². The van der Waals surface area contributed by atoms with Gasteiger partial charge >= 0.3 is 5.97 Å². The summed E-state index contributed by atoms with van der Waals surface area (Å²) in [6.45, 7) is 5.31. The van der Waals surface area contributed by atoms with Crippen LogP contribution in [0.25, 0.3) is 0 Å². The fourth-order valence-corrected chi connectivity index (χ4v) is 1.57. The van der Waals surface area contributed by atoms with E-state index in [1.54, 1.807) is 12.1 Å². The van der Waals surface area contributed by atoms with Gasteiger partial charge < -0.3 is 10.0 Å². The molecule has 16 heavy (non-hydrogen) atoms. The van der Waals surface area contributed by atoms with Crippen molar-refractivity contribution in [3.05, 3.63) is 48.0 Å². The van der Waals surface area contributed by atoms with E-state index < -0.39 is 5.97 Å². The Labute approximate surface area is 96.0 Å². The third kappa shape index (κ3) is 3.51. The molecule has 1 N–H and O–H groups in total. The molecule has 86 valence electrons. The summed E-state index contributed by atoms with van der Waals surface area (Å²) in [5.74, 6) is -0.859. The second-order valence-corrected chi connectivity index (χ2v) is 3.76. The molecular formula is C13H17NO2. The minimum atomic E-state index is -0.859. The summed E-state index contributed by atoms with van der Waals surface area (Å²) in [5, 5.41) is 9.00. The van der Waals surface area contributed by atoms with E-state index in [2.05, 4.69) is 11.5 Å². The Morgan fingerprint density at radius 2 is 2.19 bits per heavy atom. The van der Waals surface area contributed by atoms with E-state index in [1.165, 1.54) is 0 Å². The van der Waals surface area contributed by atoms with E-state index in [-0.39, 0.29) is 0 Å². The first-order valence-electron chi connectivity index (χ1n) is 5.25. The lowest BCUT2D eigenvalue weighted by atomic mass is 10.0. The lowest BCUT2D eigenvalue weighted by molar-refractivity contribution is 0.0695. The first-order chi connectivity index (χ1) is 7.65. The van der Waals surface area contributed by atoms with Crippen LogP contribution in [0, 0.1) is 0 Å². The standard InChI is InChI=1S/C13H17NO2/c1-3-9-14(2)10-8-11-6-4-5-7-12(11)13(15)16/h3-7H,1,8-10H2,2H3,(H,15,16). The molecule has 0 amide bonds. The lowest BCUT2D eigenvalue weighted by Gasteiger charge is -2.14. The molecule has 0 aliphatic heterocycles. The molecule has 0 fully saturated rings. The highest BCUT2D eigenvalue weighted by Crippen LogP contribution is 2.09. The highest BCUT2D eigenvalue weighted by molar-refractivity contribution is 5.89. The zero-order valence-corrected chi connectivity index (χ0v) is 9.52. The normalized spacial score (nSPS) is 10.4. The number of carbonyl (C=O) groups is 1. The van der Waals surface area contributed by atoms with Gasteiger partial charge in [-0.2, -0.15) is 0 Å². The molecule has 0 aliphatic rings. The number of hydrogen-bond acceptors (Lipinski definition) is 2. The van der Waals surface area contributed by atoms with E-state index in [0.717, 1.165) is 25.1 Å². The van der Waals surface area contributed by atoms with Crippen LogP contribution in [0.5, 0.6) is 0 Å². The molecule has 0 bridgehead atoms. The fraction of sp³-hybridized carbons (Fsp3) is 0.308. The van der Waals surface area contributed by atoms with Gasteiger partial charge in [0, 0.05) is 13.1 Å². The summed E-state index contributed by atoms with van der Waals surface area (Å²) in [4.78, 5) is 13.1. The molecule has 1 aromatic rings. The average Bonchev–Trinajstić information content (AvgIpc) is 2.27. The highest BCUT2D eigenvalue weighted by atomic mass is 16.4. The van der Waals surface area contributed by atoms with Crippen LogP contribution in [0.2, 0.25) is 0 Å². The first-order valence-corrected chi connectivity index (χ1v) is 5.25. The van der Waals surface area contributed by atoms with Crippen LogP contribution < -0.4 is 0 Å². The summed E-state index contributed by atoms with van der Waals surface area (Å²) in [5.41, 5.74) is 1.28. The fourth-order valence-electron chi connectivity index (χ4n) is 1.57. The van der Waals surface area contributed by atoms with E-state index in [0.29, 0.717) is 5.56 Å². The number of likely N-dealkylation sites (N-methyl/N-ethyl adjacent to an activating group) is 1. The van der Waals surface area contributed by atoms with Gasteiger partial charge in [-0.3, -0.25) is 0 Å². The predicted octanol–water partition coefficient (Wildman–Crippen LogP) is 2.05. The predicted molar refractivity (Wildman–Crippen MR) is 64.8 cm³/mol. The molecule has 0 heterocycles. The minimum absolute atomic E-state index is 0.398. The molecule has 0 radical (unpaired) electrons. The SMILES string of the molecule is C=CCN(C)CCc1ccccc1C(=O)O. The number of carboxylic acids is 1. The summed E-state index contributed by atoms with van der Waals surface area (Å²) >= 11 is 0. The molecule has 0 unspecified atom stereocenters. The van der Waals surface area contributed by atoms with Crippen molar-refractivity contribution in [2.24, 2.45) is 0 Å². The van der Waals surface area contributed by atoms with E-state index in [4.69, 9.17) is 5.11 Å².